The van der Waals surface area contributed by atoms with Crippen molar-refractivity contribution >= 4 is 6.09 Å². The molecule has 2 aliphatic heterocycles. The lowest BCUT2D eigenvalue weighted by Gasteiger charge is -2.34. The molecule has 1 aromatic rings. The Labute approximate surface area is 195 Å². The van der Waals surface area contributed by atoms with Crippen molar-refractivity contribution in [1.29, 1.82) is 0 Å². The molecule has 0 radical (unpaired) electrons. The number of aliphatic hydroxyl groups is 2. The molecule has 1 aromatic carbocycles. The Morgan fingerprint density at radius 1 is 1.22 bits per heavy atom. The van der Waals surface area contributed by atoms with Gasteiger partial charge in [-0.1, -0.05) is 56.8 Å². The molecular formula is C26H46N2O4. The minimum atomic E-state index is -0.260. The zero-order valence-corrected chi connectivity index (χ0v) is 18.4. The van der Waals surface area contributed by atoms with Crippen LogP contribution in [0.5, 0.6) is 0 Å². The van der Waals surface area contributed by atoms with E-state index in [2.05, 4.69) is 12.2 Å². The first kappa shape index (κ1) is 30.1. The highest BCUT2D eigenvalue weighted by atomic mass is 16.6. The van der Waals surface area contributed by atoms with E-state index in [0.717, 1.165) is 37.3 Å². The van der Waals surface area contributed by atoms with Gasteiger partial charge in [0.15, 0.2) is 0 Å². The Kier molecular flexibility index (Phi) is 15.7. The van der Waals surface area contributed by atoms with E-state index >= 15 is 0 Å². The number of nitrogens with one attached hydrogen (secondary N) is 1. The quantitative estimate of drug-likeness (QED) is 0.564. The van der Waals surface area contributed by atoms with Crippen molar-refractivity contribution in [2.45, 2.75) is 79.5 Å². The molecule has 2 saturated heterocycles. The molecule has 0 bridgehead atoms. The second-order valence-corrected chi connectivity index (χ2v) is 8.34. The molecule has 184 valence electrons. The fourth-order valence-electron chi connectivity index (χ4n) is 4.14. The van der Waals surface area contributed by atoms with Crippen LogP contribution in [-0.2, 0) is 11.3 Å². The van der Waals surface area contributed by atoms with Crippen molar-refractivity contribution in [1.82, 2.24) is 10.2 Å². The smallest absolute Gasteiger partial charge is 0.410 e. The van der Waals surface area contributed by atoms with Gasteiger partial charge in [0.1, 0.15) is 6.61 Å². The molecule has 3 N–H and O–H groups in total. The number of carbonyl (C=O) groups is 1. The van der Waals surface area contributed by atoms with Crippen molar-refractivity contribution in [3.8, 4) is 0 Å². The summed E-state index contributed by atoms with van der Waals surface area (Å²) in [4.78, 5) is 13.8. The Bertz CT molecular complexity index is 648. The fraction of sp³-hybridized carbons (Fsp3) is 0.654. The van der Waals surface area contributed by atoms with Gasteiger partial charge in [0.2, 0.25) is 0 Å². The number of ether oxygens (including phenoxy) is 1. The van der Waals surface area contributed by atoms with E-state index in [4.69, 9.17) is 14.9 Å². The van der Waals surface area contributed by atoms with Gasteiger partial charge in [-0.25, -0.2) is 4.79 Å². The number of piperidine rings is 2. The Morgan fingerprint density at radius 3 is 2.53 bits per heavy atom. The third-order valence-electron chi connectivity index (χ3n) is 5.85. The number of benzene rings is 1. The summed E-state index contributed by atoms with van der Waals surface area (Å²) in [5.74, 6) is 0.765. The van der Waals surface area contributed by atoms with Crippen LogP contribution in [0.4, 0.5) is 4.79 Å². The first-order chi connectivity index (χ1) is 14.5. The minimum absolute atomic E-state index is 0. The number of hydrogen-bond donors (Lipinski definition) is 3. The summed E-state index contributed by atoms with van der Waals surface area (Å²) in [7, 11) is 0. The Balaban J connectivity index is 0.000000683. The molecule has 1 amide bonds. The Morgan fingerprint density at radius 2 is 1.94 bits per heavy atom. The highest BCUT2D eigenvalue weighted by molar-refractivity contribution is 5.68. The van der Waals surface area contributed by atoms with Crippen LogP contribution in [0.15, 0.2) is 42.0 Å². The largest absolute Gasteiger partial charge is 0.445 e. The van der Waals surface area contributed by atoms with Crippen LogP contribution in [0.3, 0.4) is 0 Å². The molecule has 0 aliphatic carbocycles. The van der Waals surface area contributed by atoms with E-state index in [-0.39, 0.29) is 33.6 Å². The number of nitrogens with zero attached hydrogens (tertiary/aromatic N) is 1. The molecule has 2 fully saturated rings. The highest BCUT2D eigenvalue weighted by Gasteiger charge is 2.26. The van der Waals surface area contributed by atoms with Crippen LogP contribution < -0.4 is 5.32 Å². The fourth-order valence-corrected chi connectivity index (χ4v) is 4.14. The molecule has 32 heavy (non-hydrogen) atoms. The van der Waals surface area contributed by atoms with Crippen LogP contribution in [0, 0.1) is 5.92 Å². The number of likely N-dealkylation sites (tertiary alicyclic amines) is 1. The van der Waals surface area contributed by atoms with Crippen LogP contribution in [0.2, 0.25) is 0 Å². The maximum Gasteiger partial charge on any atom is 0.410 e. The lowest BCUT2D eigenvalue weighted by Crippen LogP contribution is -2.43. The van der Waals surface area contributed by atoms with Gasteiger partial charge in [0.25, 0.3) is 0 Å². The molecule has 0 spiro atoms. The Hall–Kier alpha value is -1.89. The zero-order chi connectivity index (χ0) is 21.8. The van der Waals surface area contributed by atoms with E-state index in [1.165, 1.54) is 18.4 Å². The van der Waals surface area contributed by atoms with Gasteiger partial charge in [-0.15, -0.1) is 0 Å². The van der Waals surface area contributed by atoms with Gasteiger partial charge in [0.05, 0.1) is 6.61 Å². The number of hydrogen-bond acceptors (Lipinski definition) is 5. The topological polar surface area (TPSA) is 82.0 Å². The third kappa shape index (κ3) is 10.6. The van der Waals surface area contributed by atoms with Crippen LogP contribution in [0.1, 0.15) is 66.4 Å². The van der Waals surface area contributed by atoms with Crippen molar-refractivity contribution in [2.24, 2.45) is 5.92 Å². The van der Waals surface area contributed by atoms with E-state index in [1.54, 1.807) is 4.90 Å². The van der Waals surface area contributed by atoms with E-state index in [9.17, 15) is 4.79 Å². The third-order valence-corrected chi connectivity index (χ3v) is 5.85. The average Bonchev–Trinajstić information content (AvgIpc) is 2.74. The van der Waals surface area contributed by atoms with Gasteiger partial charge >= 0.3 is 6.09 Å². The maximum absolute atomic E-state index is 12.1. The summed E-state index contributed by atoms with van der Waals surface area (Å²) in [5.41, 5.74) is 2.21. The van der Waals surface area contributed by atoms with Crippen LogP contribution >= 0.6 is 0 Å². The first-order valence-corrected chi connectivity index (χ1v) is 11.1. The summed E-state index contributed by atoms with van der Waals surface area (Å²) in [6.07, 6.45) is 6.66. The molecule has 0 aromatic heterocycles. The lowest BCUT2D eigenvalue weighted by molar-refractivity contribution is 0.0783. The van der Waals surface area contributed by atoms with E-state index < -0.39 is 0 Å². The first-order valence-electron chi connectivity index (χ1n) is 11.1. The van der Waals surface area contributed by atoms with Crippen LogP contribution in [-0.4, -0.2) is 59.6 Å². The summed E-state index contributed by atoms with van der Waals surface area (Å²) >= 11 is 0. The highest BCUT2D eigenvalue weighted by Crippen LogP contribution is 2.23. The van der Waals surface area contributed by atoms with Gasteiger partial charge in [-0.2, -0.15) is 0 Å². The molecule has 3 atom stereocenters. The molecule has 3 unspecified atom stereocenters. The summed E-state index contributed by atoms with van der Waals surface area (Å²) in [6, 6.07) is 10.4. The number of amides is 1. The molecule has 6 heteroatoms. The predicted molar refractivity (Wildman–Crippen MR) is 133 cm³/mol. The molecule has 0 saturated carbocycles. The molecule has 3 rings (SSSR count). The monoisotopic (exact) mass is 450 g/mol. The number of carbonyl (C=O) groups excluding carboxylic acids is 1. The van der Waals surface area contributed by atoms with Crippen molar-refractivity contribution in [2.75, 3.05) is 26.3 Å². The van der Waals surface area contributed by atoms with Crippen molar-refractivity contribution in [3.05, 3.63) is 47.5 Å². The summed E-state index contributed by atoms with van der Waals surface area (Å²) in [6.45, 7) is 6.74. The summed E-state index contributed by atoms with van der Waals surface area (Å²) in [5, 5.41) is 21.0. The average molecular weight is 451 g/mol. The van der Waals surface area contributed by atoms with E-state index in [1.807, 2.05) is 43.3 Å². The summed E-state index contributed by atoms with van der Waals surface area (Å²) < 4.78 is 5.35. The van der Waals surface area contributed by atoms with Crippen LogP contribution in [0.25, 0.3) is 0 Å². The molecular weight excluding hydrogens is 404 g/mol. The number of aliphatic hydroxyl groups excluding tert-OH is 2. The van der Waals surface area contributed by atoms with Gasteiger partial charge in [-0.3, -0.25) is 0 Å². The van der Waals surface area contributed by atoms with Crippen molar-refractivity contribution < 1.29 is 19.7 Å². The van der Waals surface area contributed by atoms with Gasteiger partial charge in [-0.05, 0) is 64.0 Å². The molecule has 6 nitrogen and oxygen atoms in total. The standard InChI is InChI=1S/C16H21NO3.C8H17NO.2CH4/c1-13-11-14(8-10-18)7-9-17(13)16(19)20-12-15-5-3-2-4-6-15;1-7-6-8(3-5-10)2-4-9-7;;/h2-6,8,13,18H,7,9-12H2,1H3;7-10H,2-6H2,1H3;2*1H4/b14-8+;;;. The SMILES string of the molecule is C.C.CC1C/C(=C/CO)CCN1C(=O)OCc1ccccc1.CC1CC(CCO)CCN1. The number of rotatable bonds is 5. The second-order valence-electron chi connectivity index (χ2n) is 8.34. The minimum Gasteiger partial charge on any atom is -0.445 e. The van der Waals surface area contributed by atoms with E-state index in [0.29, 0.717) is 25.8 Å². The molecule has 2 heterocycles. The van der Waals surface area contributed by atoms with Crippen molar-refractivity contribution in [3.63, 3.8) is 0 Å². The lowest BCUT2D eigenvalue weighted by atomic mass is 9.91. The van der Waals surface area contributed by atoms with Gasteiger partial charge in [0, 0.05) is 25.2 Å². The second kappa shape index (κ2) is 16.7. The maximum atomic E-state index is 12.1. The zero-order valence-electron chi connectivity index (χ0n) is 18.4. The van der Waals surface area contributed by atoms with Gasteiger partial charge < -0.3 is 25.2 Å². The normalized spacial score (nSPS) is 23.8. The predicted octanol–water partition coefficient (Wildman–Crippen LogP) is 4.76. The molecule has 2 aliphatic rings.